The third kappa shape index (κ3) is 4.40. The summed E-state index contributed by atoms with van der Waals surface area (Å²) in [6.45, 7) is 4.74. The van der Waals surface area contributed by atoms with Crippen molar-refractivity contribution in [3.63, 3.8) is 0 Å². The number of allylic oxidation sites excluding steroid dienone is 2. The van der Waals surface area contributed by atoms with E-state index in [1.165, 1.54) is 51.4 Å². The van der Waals surface area contributed by atoms with Crippen molar-refractivity contribution in [2.24, 2.45) is 0 Å². The van der Waals surface area contributed by atoms with Crippen LogP contribution in [0.1, 0.15) is 108 Å². The van der Waals surface area contributed by atoms with Crippen LogP contribution in [0.15, 0.2) is 59.7 Å². The van der Waals surface area contributed by atoms with E-state index < -0.39 is 20.0 Å². The molecule has 1 heterocycles. The Kier molecular flexibility index (Phi) is 8.93. The summed E-state index contributed by atoms with van der Waals surface area (Å²) in [7, 11) is 0. The maximum Gasteiger partial charge on any atom is -1.00 e. The van der Waals surface area contributed by atoms with Gasteiger partial charge in [0.1, 0.15) is 0 Å². The summed E-state index contributed by atoms with van der Waals surface area (Å²) in [4.78, 5) is 0. The van der Waals surface area contributed by atoms with E-state index >= 15 is 0 Å². The summed E-state index contributed by atoms with van der Waals surface area (Å²) in [6, 6.07) is 19.2. The molecule has 1 saturated carbocycles. The molecule has 3 aliphatic carbocycles. The Morgan fingerprint density at radius 3 is 1.51 bits per heavy atom. The zero-order valence-electron chi connectivity index (χ0n) is 21.4. The Labute approximate surface area is 230 Å². The standard InChI is InChI=1S/2C13H15.C6H10.2ClH.Hf/c2*1-2-3-6-11-9-12-7-4-5-8-13(12)10-11;1-2-4-6-5-3-1;;;/h2*4-5,7-10H,2-3,6H2,1H3;1-2H,3-6H2;2*1H;/q;;;;;+2/p-2. The number of benzene rings is 2. The van der Waals surface area contributed by atoms with Gasteiger partial charge in [0.2, 0.25) is 0 Å². The van der Waals surface area contributed by atoms with E-state index in [1.807, 2.05) is 11.1 Å². The van der Waals surface area contributed by atoms with Crippen molar-refractivity contribution in [3.05, 3.63) is 81.9 Å². The minimum atomic E-state index is -2.88. The van der Waals surface area contributed by atoms with Gasteiger partial charge in [0.25, 0.3) is 0 Å². The van der Waals surface area contributed by atoms with Crippen LogP contribution >= 0.6 is 0 Å². The first-order chi connectivity index (χ1) is 16.3. The quantitative estimate of drug-likeness (QED) is 0.373. The van der Waals surface area contributed by atoms with Crippen molar-refractivity contribution in [1.82, 2.24) is 0 Å². The molecule has 0 radical (unpaired) electrons. The molecule has 0 N–H and O–H groups in total. The number of unbranched alkanes of at least 4 members (excludes halogenated alkanes) is 2. The second-order valence-electron chi connectivity index (χ2n) is 11.3. The third-order valence-corrected chi connectivity index (χ3v) is 34.5. The molecule has 0 amide bonds. The first kappa shape index (κ1) is 27.4. The van der Waals surface area contributed by atoms with Gasteiger partial charge in [-0.05, 0) is 0 Å². The Bertz CT molecular complexity index is 1010. The van der Waals surface area contributed by atoms with Gasteiger partial charge in [0, 0.05) is 0 Å². The summed E-state index contributed by atoms with van der Waals surface area (Å²) < 4.78 is 3.92. The van der Waals surface area contributed by atoms with Gasteiger partial charge in [-0.2, -0.15) is 0 Å². The first-order valence-corrected chi connectivity index (χ1v) is 22.2. The number of fused-ring (bicyclic) bond motifs is 3. The van der Waals surface area contributed by atoms with Crippen LogP contribution in [0.4, 0.5) is 0 Å². The van der Waals surface area contributed by atoms with E-state index in [4.69, 9.17) is 0 Å². The molecule has 3 heteroatoms. The SMILES string of the molecule is CCCCC1=Cc2ccccc2[CH]1[Hf+2]1([CH]2C(CCCC)=Cc3ccccc32)[CH]2CCCC[CH]21.[Cl-].[Cl-]. The maximum absolute atomic E-state index is 2.88. The van der Waals surface area contributed by atoms with Gasteiger partial charge in [-0.25, -0.2) is 0 Å². The number of rotatable bonds is 8. The fourth-order valence-electron chi connectivity index (χ4n) is 8.39. The van der Waals surface area contributed by atoms with Crippen LogP contribution in [0, 0.1) is 0 Å². The van der Waals surface area contributed by atoms with Gasteiger partial charge in [0.05, 0.1) is 0 Å². The minimum absolute atomic E-state index is 0. The molecule has 4 aliphatic rings. The number of hydrogen-bond acceptors (Lipinski definition) is 0. The monoisotopic (exact) mass is 674 g/mol. The molecule has 2 aromatic rings. The second kappa shape index (κ2) is 11.4. The van der Waals surface area contributed by atoms with Crippen LogP contribution in [0.2, 0.25) is 7.35 Å². The van der Waals surface area contributed by atoms with Crippen molar-refractivity contribution in [2.75, 3.05) is 0 Å². The summed E-state index contributed by atoms with van der Waals surface area (Å²) >= 11 is -2.88. The summed E-state index contributed by atoms with van der Waals surface area (Å²) in [5.41, 5.74) is 10.4. The van der Waals surface area contributed by atoms with Crippen LogP contribution in [-0.2, 0) is 20.0 Å². The topological polar surface area (TPSA) is 0 Å². The fourth-order valence-corrected chi connectivity index (χ4v) is 43.9. The van der Waals surface area contributed by atoms with Crippen molar-refractivity contribution in [2.45, 2.75) is 92.8 Å². The van der Waals surface area contributed by atoms with E-state index in [-0.39, 0.29) is 24.8 Å². The Hall–Kier alpha value is -0.630. The van der Waals surface area contributed by atoms with Crippen molar-refractivity contribution >= 4 is 12.2 Å². The average Bonchev–Trinajstić information content (AvgIpc) is 3.16. The molecule has 35 heavy (non-hydrogen) atoms. The Balaban J connectivity index is 0.00000144. The predicted octanol–water partition coefficient (Wildman–Crippen LogP) is 3.97. The van der Waals surface area contributed by atoms with Gasteiger partial charge in [-0.1, -0.05) is 0 Å². The average molecular weight is 674 g/mol. The van der Waals surface area contributed by atoms with Crippen LogP contribution in [-0.4, -0.2) is 0 Å². The Morgan fingerprint density at radius 2 is 1.09 bits per heavy atom. The molecule has 0 bridgehead atoms. The first-order valence-electron chi connectivity index (χ1n) is 13.9. The smallest absolute Gasteiger partial charge is 1.00 e. The van der Waals surface area contributed by atoms with E-state index in [9.17, 15) is 0 Å². The molecule has 0 spiro atoms. The predicted molar refractivity (Wildman–Crippen MR) is 139 cm³/mol. The molecule has 2 aromatic carbocycles. The zero-order chi connectivity index (χ0) is 22.4. The van der Waals surface area contributed by atoms with E-state index in [0.717, 1.165) is 14.7 Å². The van der Waals surface area contributed by atoms with Crippen LogP contribution in [0.5, 0.6) is 0 Å². The largest absolute Gasteiger partial charge is 1.00 e. The normalized spacial score (nSPS) is 27.8. The van der Waals surface area contributed by atoms with E-state index in [2.05, 4.69) is 74.5 Å². The van der Waals surface area contributed by atoms with E-state index in [0.29, 0.717) is 0 Å². The van der Waals surface area contributed by atoms with Gasteiger partial charge >= 0.3 is 207 Å². The summed E-state index contributed by atoms with van der Waals surface area (Å²) in [6.07, 6.45) is 19.4. The molecule has 1 saturated heterocycles. The van der Waals surface area contributed by atoms with Crippen molar-refractivity contribution < 1.29 is 44.8 Å². The fraction of sp³-hybridized carbons (Fsp3) is 0.500. The van der Waals surface area contributed by atoms with Crippen molar-refractivity contribution in [3.8, 4) is 0 Å². The zero-order valence-corrected chi connectivity index (χ0v) is 26.5. The van der Waals surface area contributed by atoms with E-state index in [1.54, 1.807) is 35.1 Å². The number of hydrogen-bond donors (Lipinski definition) is 0. The van der Waals surface area contributed by atoms with Gasteiger partial charge < -0.3 is 24.8 Å². The molecule has 0 nitrogen and oxygen atoms in total. The Morgan fingerprint density at radius 1 is 0.657 bits per heavy atom. The van der Waals surface area contributed by atoms with Gasteiger partial charge in [-0.3, -0.25) is 0 Å². The molecular weight excluding hydrogens is 634 g/mol. The summed E-state index contributed by atoms with van der Waals surface area (Å²) in [5.74, 6) is 0. The molecular formula is C32H40Cl2Hf. The minimum Gasteiger partial charge on any atom is -1.00 e. The van der Waals surface area contributed by atoms with Gasteiger partial charge in [0.15, 0.2) is 0 Å². The molecule has 186 valence electrons. The summed E-state index contributed by atoms with van der Waals surface area (Å²) in [5, 5.41) is 0. The molecule has 1 aliphatic heterocycles. The molecule has 4 unspecified atom stereocenters. The van der Waals surface area contributed by atoms with Crippen LogP contribution < -0.4 is 24.8 Å². The van der Waals surface area contributed by atoms with Crippen LogP contribution in [0.3, 0.4) is 0 Å². The second-order valence-corrected chi connectivity index (χ2v) is 27.9. The van der Waals surface area contributed by atoms with Crippen molar-refractivity contribution in [1.29, 1.82) is 0 Å². The van der Waals surface area contributed by atoms with Crippen LogP contribution in [0.25, 0.3) is 12.2 Å². The maximum atomic E-state index is 2.66. The number of halogens is 2. The molecule has 2 fully saturated rings. The molecule has 0 aromatic heterocycles. The van der Waals surface area contributed by atoms with Gasteiger partial charge in [-0.15, -0.1) is 0 Å². The molecule has 4 atom stereocenters. The molecule has 6 rings (SSSR count). The third-order valence-electron chi connectivity index (χ3n) is 9.62.